The van der Waals surface area contributed by atoms with Gasteiger partial charge in [0.05, 0.1) is 6.61 Å². The fourth-order valence-corrected chi connectivity index (χ4v) is 1.62. The number of allylic oxidation sites excluding steroid dienone is 1. The van der Waals surface area contributed by atoms with E-state index in [2.05, 4.69) is 0 Å². The van der Waals surface area contributed by atoms with Crippen LogP contribution in [0.1, 0.15) is 25.8 Å². The summed E-state index contributed by atoms with van der Waals surface area (Å²) in [6.07, 6.45) is 1.50. The fraction of sp³-hybridized carbons (Fsp3) is 0.333. The topological polar surface area (TPSA) is 50.1 Å². The van der Waals surface area contributed by atoms with Crippen molar-refractivity contribution >= 4 is 5.97 Å². The van der Waals surface area contributed by atoms with Crippen LogP contribution in [0.2, 0.25) is 0 Å². The maximum atomic E-state index is 11.5. The first-order chi connectivity index (χ1) is 8.69. The predicted molar refractivity (Wildman–Crippen MR) is 69.7 cm³/mol. The number of carbonyl (C=O) groups is 1. The Balaban J connectivity index is 2.70. The minimum absolute atomic E-state index is 0.132. The standard InChI is InChI=1S/C15H17NO2/c1-3-18-15(17)14(11-16)12(2)9-10-13-7-5-4-6-8-13/h4-8H,3,9-10H2,1-2H3/b14-12-. The summed E-state index contributed by atoms with van der Waals surface area (Å²) in [6.45, 7) is 3.82. The second kappa shape index (κ2) is 7.29. The number of hydrogen-bond acceptors (Lipinski definition) is 3. The van der Waals surface area contributed by atoms with Crippen molar-refractivity contribution in [3.05, 3.63) is 47.0 Å². The summed E-state index contributed by atoms with van der Waals surface area (Å²) in [6, 6.07) is 11.9. The Bertz CT molecular complexity index is 469. The number of ether oxygens (including phenoxy) is 1. The average molecular weight is 243 g/mol. The van der Waals surface area contributed by atoms with E-state index in [-0.39, 0.29) is 12.2 Å². The number of esters is 1. The molecule has 0 aromatic heterocycles. The van der Waals surface area contributed by atoms with E-state index in [0.29, 0.717) is 6.42 Å². The molecule has 0 aliphatic carbocycles. The van der Waals surface area contributed by atoms with Gasteiger partial charge in [0.1, 0.15) is 11.6 Å². The number of nitrogens with zero attached hydrogens (tertiary/aromatic N) is 1. The zero-order chi connectivity index (χ0) is 13.4. The molecule has 0 atom stereocenters. The molecular formula is C15H17NO2. The Hall–Kier alpha value is -2.08. The zero-order valence-electron chi connectivity index (χ0n) is 10.8. The van der Waals surface area contributed by atoms with Crippen molar-refractivity contribution in [2.75, 3.05) is 6.61 Å². The van der Waals surface area contributed by atoms with E-state index < -0.39 is 5.97 Å². The Morgan fingerprint density at radius 1 is 1.33 bits per heavy atom. The smallest absolute Gasteiger partial charge is 0.348 e. The van der Waals surface area contributed by atoms with Crippen LogP contribution >= 0.6 is 0 Å². The highest BCUT2D eigenvalue weighted by molar-refractivity contribution is 5.93. The molecule has 0 aliphatic heterocycles. The van der Waals surface area contributed by atoms with Gasteiger partial charge in [-0.25, -0.2) is 4.79 Å². The largest absolute Gasteiger partial charge is 0.462 e. The Kier molecular flexibility index (Phi) is 5.66. The van der Waals surface area contributed by atoms with Gasteiger partial charge in [-0.05, 0) is 37.8 Å². The van der Waals surface area contributed by atoms with Crippen molar-refractivity contribution in [2.45, 2.75) is 26.7 Å². The Morgan fingerprint density at radius 3 is 2.56 bits per heavy atom. The third kappa shape index (κ3) is 4.06. The lowest BCUT2D eigenvalue weighted by Crippen LogP contribution is -2.08. The van der Waals surface area contributed by atoms with Crippen LogP contribution in [-0.4, -0.2) is 12.6 Å². The van der Waals surface area contributed by atoms with Crippen molar-refractivity contribution in [3.63, 3.8) is 0 Å². The maximum absolute atomic E-state index is 11.5. The van der Waals surface area contributed by atoms with E-state index >= 15 is 0 Å². The van der Waals surface area contributed by atoms with E-state index in [4.69, 9.17) is 10.00 Å². The number of aryl methyl sites for hydroxylation is 1. The normalized spacial score (nSPS) is 11.4. The van der Waals surface area contributed by atoms with Crippen LogP contribution in [0.3, 0.4) is 0 Å². The second-order valence-electron chi connectivity index (χ2n) is 3.97. The van der Waals surface area contributed by atoms with Crippen molar-refractivity contribution in [1.82, 2.24) is 0 Å². The lowest BCUT2D eigenvalue weighted by atomic mass is 10.0. The average Bonchev–Trinajstić information content (AvgIpc) is 2.39. The molecule has 94 valence electrons. The van der Waals surface area contributed by atoms with Crippen LogP contribution in [0.4, 0.5) is 0 Å². The third-order valence-electron chi connectivity index (χ3n) is 2.65. The van der Waals surface area contributed by atoms with Crippen LogP contribution in [0, 0.1) is 11.3 Å². The first kappa shape index (κ1) is 14.0. The lowest BCUT2D eigenvalue weighted by molar-refractivity contribution is -0.138. The first-order valence-electron chi connectivity index (χ1n) is 6.00. The van der Waals surface area contributed by atoms with Gasteiger partial charge in [0.2, 0.25) is 0 Å². The van der Waals surface area contributed by atoms with Crippen LogP contribution in [-0.2, 0) is 16.0 Å². The van der Waals surface area contributed by atoms with E-state index in [0.717, 1.165) is 12.0 Å². The number of nitriles is 1. The maximum Gasteiger partial charge on any atom is 0.348 e. The molecule has 0 heterocycles. The molecule has 1 rings (SSSR count). The number of carbonyl (C=O) groups excluding carboxylic acids is 1. The second-order valence-corrected chi connectivity index (χ2v) is 3.97. The van der Waals surface area contributed by atoms with Gasteiger partial charge in [0, 0.05) is 0 Å². The van der Waals surface area contributed by atoms with Crippen LogP contribution in [0.15, 0.2) is 41.5 Å². The molecule has 18 heavy (non-hydrogen) atoms. The molecule has 0 bridgehead atoms. The zero-order valence-corrected chi connectivity index (χ0v) is 10.8. The molecule has 3 nitrogen and oxygen atoms in total. The van der Waals surface area contributed by atoms with E-state index in [1.54, 1.807) is 13.8 Å². The van der Waals surface area contributed by atoms with E-state index in [1.807, 2.05) is 36.4 Å². The Labute approximate surface area is 108 Å². The molecule has 0 N–H and O–H groups in total. The van der Waals surface area contributed by atoms with Crippen molar-refractivity contribution in [1.29, 1.82) is 5.26 Å². The van der Waals surface area contributed by atoms with Gasteiger partial charge < -0.3 is 4.74 Å². The molecule has 0 saturated carbocycles. The number of rotatable bonds is 5. The highest BCUT2D eigenvalue weighted by atomic mass is 16.5. The van der Waals surface area contributed by atoms with Gasteiger partial charge in [-0.1, -0.05) is 30.3 Å². The summed E-state index contributed by atoms with van der Waals surface area (Å²) in [5.41, 5.74) is 2.10. The molecule has 0 amide bonds. The molecule has 0 spiro atoms. The van der Waals surface area contributed by atoms with E-state index in [1.165, 1.54) is 5.56 Å². The van der Waals surface area contributed by atoms with Crippen LogP contribution in [0.5, 0.6) is 0 Å². The van der Waals surface area contributed by atoms with Crippen LogP contribution in [0.25, 0.3) is 0 Å². The minimum Gasteiger partial charge on any atom is -0.462 e. The summed E-state index contributed by atoms with van der Waals surface area (Å²) in [7, 11) is 0. The summed E-state index contributed by atoms with van der Waals surface area (Å²) >= 11 is 0. The summed E-state index contributed by atoms with van der Waals surface area (Å²) in [5, 5.41) is 8.98. The fourth-order valence-electron chi connectivity index (χ4n) is 1.62. The number of hydrogen-bond donors (Lipinski definition) is 0. The third-order valence-corrected chi connectivity index (χ3v) is 2.65. The van der Waals surface area contributed by atoms with Gasteiger partial charge in [0.15, 0.2) is 0 Å². The molecule has 3 heteroatoms. The number of benzene rings is 1. The Morgan fingerprint density at radius 2 is 2.00 bits per heavy atom. The van der Waals surface area contributed by atoms with E-state index in [9.17, 15) is 4.79 Å². The molecule has 0 unspecified atom stereocenters. The molecule has 0 radical (unpaired) electrons. The van der Waals surface area contributed by atoms with Gasteiger partial charge >= 0.3 is 5.97 Å². The van der Waals surface area contributed by atoms with Crippen LogP contribution < -0.4 is 0 Å². The predicted octanol–water partition coefficient (Wildman–Crippen LogP) is 3.02. The van der Waals surface area contributed by atoms with Crippen molar-refractivity contribution in [3.8, 4) is 6.07 Å². The van der Waals surface area contributed by atoms with Gasteiger partial charge in [-0.15, -0.1) is 0 Å². The highest BCUT2D eigenvalue weighted by Gasteiger charge is 2.13. The lowest BCUT2D eigenvalue weighted by Gasteiger charge is -2.05. The van der Waals surface area contributed by atoms with Crippen molar-refractivity contribution in [2.24, 2.45) is 0 Å². The van der Waals surface area contributed by atoms with Gasteiger partial charge in [0.25, 0.3) is 0 Å². The molecule has 1 aromatic carbocycles. The summed E-state index contributed by atoms with van der Waals surface area (Å²) in [4.78, 5) is 11.5. The van der Waals surface area contributed by atoms with Gasteiger partial charge in [-0.3, -0.25) is 0 Å². The molecule has 0 saturated heterocycles. The first-order valence-corrected chi connectivity index (χ1v) is 6.00. The quantitative estimate of drug-likeness (QED) is 0.454. The van der Waals surface area contributed by atoms with Crippen molar-refractivity contribution < 1.29 is 9.53 Å². The summed E-state index contributed by atoms with van der Waals surface area (Å²) in [5.74, 6) is -0.523. The molecular weight excluding hydrogens is 226 g/mol. The minimum atomic E-state index is -0.523. The molecule has 0 fully saturated rings. The van der Waals surface area contributed by atoms with Gasteiger partial charge in [-0.2, -0.15) is 5.26 Å². The highest BCUT2D eigenvalue weighted by Crippen LogP contribution is 2.13. The molecule has 1 aromatic rings. The molecule has 0 aliphatic rings. The SMILES string of the molecule is CCOC(=O)/C(C#N)=C(/C)CCc1ccccc1. The summed E-state index contributed by atoms with van der Waals surface area (Å²) < 4.78 is 4.85. The monoisotopic (exact) mass is 243 g/mol.